The van der Waals surface area contributed by atoms with Crippen molar-refractivity contribution in [1.29, 1.82) is 0 Å². The van der Waals surface area contributed by atoms with Crippen LogP contribution < -0.4 is 5.73 Å². The molecule has 0 saturated heterocycles. The zero-order valence-corrected chi connectivity index (χ0v) is 11.5. The molecule has 0 amide bonds. The van der Waals surface area contributed by atoms with Crippen LogP contribution in [0.3, 0.4) is 0 Å². The molecular weight excluding hydrogens is 225 g/mol. The summed E-state index contributed by atoms with van der Waals surface area (Å²) in [5.41, 5.74) is 6.98. The van der Waals surface area contributed by atoms with Crippen LogP contribution in [0.2, 0.25) is 0 Å². The maximum Gasteiger partial charge on any atom is 0.123 e. The second-order valence-electron chi connectivity index (χ2n) is 5.07. The van der Waals surface area contributed by atoms with Crippen LogP contribution >= 0.6 is 0 Å². The van der Waals surface area contributed by atoms with Crippen LogP contribution in [-0.2, 0) is 0 Å². The van der Waals surface area contributed by atoms with E-state index in [1.807, 2.05) is 6.07 Å². The van der Waals surface area contributed by atoms with Crippen molar-refractivity contribution in [3.05, 3.63) is 35.6 Å². The highest BCUT2D eigenvalue weighted by Gasteiger charge is 2.06. The third-order valence-corrected chi connectivity index (χ3v) is 3.40. The predicted octanol–water partition coefficient (Wildman–Crippen LogP) is 4.97. The van der Waals surface area contributed by atoms with Crippen molar-refractivity contribution < 1.29 is 4.39 Å². The van der Waals surface area contributed by atoms with Crippen LogP contribution in [0.25, 0.3) is 0 Å². The molecule has 0 bridgehead atoms. The van der Waals surface area contributed by atoms with Crippen LogP contribution in [0.5, 0.6) is 0 Å². The smallest absolute Gasteiger partial charge is 0.123 e. The third-order valence-electron chi connectivity index (χ3n) is 3.40. The van der Waals surface area contributed by atoms with E-state index in [2.05, 4.69) is 6.92 Å². The highest BCUT2D eigenvalue weighted by atomic mass is 19.1. The molecule has 0 radical (unpaired) electrons. The molecule has 0 spiro atoms. The topological polar surface area (TPSA) is 26.0 Å². The van der Waals surface area contributed by atoms with Crippen molar-refractivity contribution >= 4 is 0 Å². The number of halogens is 1. The van der Waals surface area contributed by atoms with Crippen molar-refractivity contribution in [1.82, 2.24) is 0 Å². The maximum atomic E-state index is 13.0. The molecule has 1 unspecified atom stereocenters. The molecule has 1 atom stereocenters. The van der Waals surface area contributed by atoms with Crippen LogP contribution in [0.15, 0.2) is 24.3 Å². The molecule has 0 aliphatic carbocycles. The first-order chi connectivity index (χ1) is 8.74. The van der Waals surface area contributed by atoms with Gasteiger partial charge in [0.15, 0.2) is 0 Å². The molecule has 1 aromatic carbocycles. The number of rotatable bonds is 9. The Labute approximate surface area is 111 Å². The van der Waals surface area contributed by atoms with E-state index in [0.717, 1.165) is 18.4 Å². The van der Waals surface area contributed by atoms with Crippen LogP contribution in [0, 0.1) is 5.82 Å². The Balaban J connectivity index is 2.12. The van der Waals surface area contributed by atoms with E-state index >= 15 is 0 Å². The van der Waals surface area contributed by atoms with Crippen LogP contribution in [0.4, 0.5) is 4.39 Å². The van der Waals surface area contributed by atoms with E-state index in [1.54, 1.807) is 12.1 Å². The Morgan fingerprint density at radius 2 is 1.72 bits per heavy atom. The minimum atomic E-state index is -0.192. The predicted molar refractivity (Wildman–Crippen MR) is 75.9 cm³/mol. The van der Waals surface area contributed by atoms with Gasteiger partial charge in [-0.3, -0.25) is 0 Å². The molecule has 0 saturated carbocycles. The average Bonchev–Trinajstić information content (AvgIpc) is 2.37. The van der Waals surface area contributed by atoms with Crippen molar-refractivity contribution in [3.63, 3.8) is 0 Å². The monoisotopic (exact) mass is 251 g/mol. The maximum absolute atomic E-state index is 13.0. The molecule has 0 aliphatic rings. The SMILES string of the molecule is CCCCCCCCCC(N)c1cccc(F)c1. The summed E-state index contributed by atoms with van der Waals surface area (Å²) in [5, 5.41) is 0. The summed E-state index contributed by atoms with van der Waals surface area (Å²) in [5.74, 6) is -0.192. The van der Waals surface area contributed by atoms with Crippen molar-refractivity contribution in [3.8, 4) is 0 Å². The first kappa shape index (κ1) is 15.2. The molecule has 0 heterocycles. The van der Waals surface area contributed by atoms with E-state index in [4.69, 9.17) is 5.73 Å². The van der Waals surface area contributed by atoms with Gasteiger partial charge in [-0.2, -0.15) is 0 Å². The van der Waals surface area contributed by atoms with Gasteiger partial charge in [-0.25, -0.2) is 4.39 Å². The molecular formula is C16H26FN. The first-order valence-electron chi connectivity index (χ1n) is 7.25. The second kappa shape index (κ2) is 9.09. The largest absolute Gasteiger partial charge is 0.324 e. The minimum Gasteiger partial charge on any atom is -0.324 e. The second-order valence-corrected chi connectivity index (χ2v) is 5.07. The summed E-state index contributed by atoms with van der Waals surface area (Å²) in [7, 11) is 0. The summed E-state index contributed by atoms with van der Waals surface area (Å²) in [6.45, 7) is 2.23. The number of hydrogen-bond acceptors (Lipinski definition) is 1. The van der Waals surface area contributed by atoms with Crippen LogP contribution in [-0.4, -0.2) is 0 Å². The normalized spacial score (nSPS) is 12.6. The zero-order chi connectivity index (χ0) is 13.2. The molecule has 18 heavy (non-hydrogen) atoms. The Morgan fingerprint density at radius 3 is 2.39 bits per heavy atom. The Morgan fingerprint density at radius 1 is 1.06 bits per heavy atom. The zero-order valence-electron chi connectivity index (χ0n) is 11.5. The highest BCUT2D eigenvalue weighted by molar-refractivity contribution is 5.19. The molecule has 2 heteroatoms. The molecule has 0 aliphatic heterocycles. The Bertz CT molecular complexity index is 325. The van der Waals surface area contributed by atoms with Gasteiger partial charge >= 0.3 is 0 Å². The van der Waals surface area contributed by atoms with Crippen molar-refractivity contribution in [2.45, 2.75) is 64.3 Å². The fourth-order valence-corrected chi connectivity index (χ4v) is 2.23. The lowest BCUT2D eigenvalue weighted by Crippen LogP contribution is -2.10. The van der Waals surface area contributed by atoms with Gasteiger partial charge in [-0.05, 0) is 24.1 Å². The van der Waals surface area contributed by atoms with Gasteiger partial charge in [0, 0.05) is 6.04 Å². The van der Waals surface area contributed by atoms with Crippen LogP contribution in [0.1, 0.15) is 69.9 Å². The lowest BCUT2D eigenvalue weighted by atomic mass is 10.0. The van der Waals surface area contributed by atoms with Gasteiger partial charge in [0.05, 0.1) is 0 Å². The molecule has 2 N–H and O–H groups in total. The van der Waals surface area contributed by atoms with E-state index in [9.17, 15) is 4.39 Å². The molecule has 1 aromatic rings. The molecule has 1 nitrogen and oxygen atoms in total. The number of benzene rings is 1. The molecule has 1 rings (SSSR count). The Kier molecular flexibility index (Phi) is 7.66. The van der Waals surface area contributed by atoms with E-state index in [-0.39, 0.29) is 11.9 Å². The molecule has 102 valence electrons. The lowest BCUT2D eigenvalue weighted by molar-refractivity contribution is 0.538. The van der Waals surface area contributed by atoms with Gasteiger partial charge in [0.2, 0.25) is 0 Å². The highest BCUT2D eigenvalue weighted by Crippen LogP contribution is 2.18. The summed E-state index contributed by atoms with van der Waals surface area (Å²) in [6, 6.07) is 6.64. The van der Waals surface area contributed by atoms with E-state index < -0.39 is 0 Å². The number of nitrogens with two attached hydrogens (primary N) is 1. The first-order valence-corrected chi connectivity index (χ1v) is 7.25. The summed E-state index contributed by atoms with van der Waals surface area (Å²) < 4.78 is 13.0. The van der Waals surface area contributed by atoms with Gasteiger partial charge in [-0.15, -0.1) is 0 Å². The quantitative estimate of drug-likeness (QED) is 0.616. The fourth-order valence-electron chi connectivity index (χ4n) is 2.23. The number of hydrogen-bond donors (Lipinski definition) is 1. The minimum absolute atomic E-state index is 0.0173. The molecule has 0 aromatic heterocycles. The summed E-state index contributed by atoms with van der Waals surface area (Å²) in [4.78, 5) is 0. The lowest BCUT2D eigenvalue weighted by Gasteiger charge is -2.11. The Hall–Kier alpha value is -0.890. The summed E-state index contributed by atoms with van der Waals surface area (Å²) >= 11 is 0. The molecule has 0 fully saturated rings. The van der Waals surface area contributed by atoms with Gasteiger partial charge in [0.1, 0.15) is 5.82 Å². The van der Waals surface area contributed by atoms with Gasteiger partial charge in [-0.1, -0.05) is 64.0 Å². The summed E-state index contributed by atoms with van der Waals surface area (Å²) in [6.07, 6.45) is 9.98. The van der Waals surface area contributed by atoms with Crippen molar-refractivity contribution in [2.75, 3.05) is 0 Å². The number of unbranched alkanes of at least 4 members (excludes halogenated alkanes) is 6. The average molecular weight is 251 g/mol. The van der Waals surface area contributed by atoms with Gasteiger partial charge < -0.3 is 5.73 Å². The third kappa shape index (κ3) is 6.15. The van der Waals surface area contributed by atoms with E-state index in [1.165, 1.54) is 44.6 Å². The fraction of sp³-hybridized carbons (Fsp3) is 0.625. The van der Waals surface area contributed by atoms with Crippen molar-refractivity contribution in [2.24, 2.45) is 5.73 Å². The van der Waals surface area contributed by atoms with E-state index in [0.29, 0.717) is 0 Å². The van der Waals surface area contributed by atoms with Gasteiger partial charge in [0.25, 0.3) is 0 Å². The standard InChI is InChI=1S/C16H26FN/c1-2-3-4-5-6-7-8-12-16(18)14-10-9-11-15(17)13-14/h9-11,13,16H,2-8,12,18H2,1H3.